The van der Waals surface area contributed by atoms with E-state index in [1.165, 1.54) is 5.56 Å². The zero-order valence-electron chi connectivity index (χ0n) is 10.2. The molecular formula is C13H20NO2+. The third-order valence-electron chi connectivity index (χ3n) is 2.77. The van der Waals surface area contributed by atoms with Crippen LogP contribution in [0.3, 0.4) is 0 Å². The number of hydrogen-bond acceptors (Lipinski definition) is 2. The number of carbonyl (C=O) groups is 1. The number of quaternary nitrogens is 1. The van der Waals surface area contributed by atoms with Gasteiger partial charge in [-0.05, 0) is 5.56 Å². The Morgan fingerprint density at radius 2 is 1.88 bits per heavy atom. The van der Waals surface area contributed by atoms with E-state index >= 15 is 0 Å². The van der Waals surface area contributed by atoms with E-state index in [0.29, 0.717) is 13.1 Å². The highest BCUT2D eigenvalue weighted by Gasteiger charge is 2.24. The van der Waals surface area contributed by atoms with E-state index in [4.69, 9.17) is 4.74 Å². The molecule has 0 N–H and O–H groups in total. The minimum atomic E-state index is 0.285. The molecule has 16 heavy (non-hydrogen) atoms. The van der Waals surface area contributed by atoms with Crippen LogP contribution in [0.4, 0.5) is 0 Å². The first-order valence-corrected chi connectivity index (χ1v) is 5.44. The van der Waals surface area contributed by atoms with Crippen molar-refractivity contribution in [2.24, 2.45) is 0 Å². The van der Waals surface area contributed by atoms with Gasteiger partial charge in [-0.3, -0.25) is 4.79 Å². The molecule has 0 aliphatic rings. The van der Waals surface area contributed by atoms with Crippen molar-refractivity contribution in [3.63, 3.8) is 0 Å². The van der Waals surface area contributed by atoms with E-state index < -0.39 is 0 Å². The van der Waals surface area contributed by atoms with Gasteiger partial charge in [0.15, 0.2) is 0 Å². The fraction of sp³-hybridized carbons (Fsp3) is 0.462. The summed E-state index contributed by atoms with van der Waals surface area (Å²) in [6.45, 7) is 0.982. The van der Waals surface area contributed by atoms with Crippen LogP contribution in [0.1, 0.15) is 5.56 Å². The highest BCUT2D eigenvalue weighted by molar-refractivity contribution is 5.36. The summed E-state index contributed by atoms with van der Waals surface area (Å²) >= 11 is 0. The van der Waals surface area contributed by atoms with Crippen molar-refractivity contribution in [3.05, 3.63) is 35.9 Å². The molecule has 0 saturated carbocycles. The summed E-state index contributed by atoms with van der Waals surface area (Å²) in [5, 5.41) is 0. The largest absolute Gasteiger partial charge is 0.462 e. The minimum absolute atomic E-state index is 0.285. The van der Waals surface area contributed by atoms with Crippen molar-refractivity contribution in [3.8, 4) is 0 Å². The van der Waals surface area contributed by atoms with Crippen LogP contribution in [0.2, 0.25) is 0 Å². The fourth-order valence-corrected chi connectivity index (χ4v) is 1.59. The Bertz CT molecular complexity index is 316. The number of hydrogen-bond donors (Lipinski definition) is 0. The quantitative estimate of drug-likeness (QED) is 0.538. The Morgan fingerprint density at radius 3 is 2.38 bits per heavy atom. The SMILES string of the molecule is C[N+](C)(C)C(COC=O)Cc1ccccc1. The summed E-state index contributed by atoms with van der Waals surface area (Å²) in [5.41, 5.74) is 1.27. The van der Waals surface area contributed by atoms with Gasteiger partial charge in [0.05, 0.1) is 21.1 Å². The van der Waals surface area contributed by atoms with Gasteiger partial charge in [0.1, 0.15) is 12.6 Å². The van der Waals surface area contributed by atoms with E-state index in [-0.39, 0.29) is 6.04 Å². The standard InChI is InChI=1S/C13H20NO2/c1-14(2,3)13(10-16-11-15)9-12-7-5-4-6-8-12/h4-8,11,13H,9-10H2,1-3H3/q+1. The Labute approximate surface area is 97.2 Å². The van der Waals surface area contributed by atoms with Gasteiger partial charge >= 0.3 is 0 Å². The predicted molar refractivity (Wildman–Crippen MR) is 64.0 cm³/mol. The molecule has 88 valence electrons. The maximum atomic E-state index is 10.3. The molecule has 0 bridgehead atoms. The lowest BCUT2D eigenvalue weighted by atomic mass is 10.0. The van der Waals surface area contributed by atoms with Crippen molar-refractivity contribution < 1.29 is 14.0 Å². The Balaban J connectivity index is 2.67. The van der Waals surface area contributed by atoms with Crippen LogP contribution < -0.4 is 0 Å². The average Bonchev–Trinajstić information content (AvgIpc) is 2.24. The zero-order valence-corrected chi connectivity index (χ0v) is 10.2. The highest BCUT2D eigenvalue weighted by Crippen LogP contribution is 2.11. The normalized spacial score (nSPS) is 13.2. The predicted octanol–water partition coefficient (Wildman–Crippen LogP) is 1.48. The summed E-state index contributed by atoms with van der Waals surface area (Å²) in [6.07, 6.45) is 0.915. The molecule has 0 spiro atoms. The molecule has 1 unspecified atom stereocenters. The molecule has 3 heteroatoms. The summed E-state index contributed by atoms with van der Waals surface area (Å²) in [6, 6.07) is 10.6. The van der Waals surface area contributed by atoms with E-state index in [9.17, 15) is 4.79 Å². The van der Waals surface area contributed by atoms with Crippen LogP contribution in [0.5, 0.6) is 0 Å². The molecule has 0 aliphatic carbocycles. The molecule has 1 atom stereocenters. The second kappa shape index (κ2) is 5.66. The zero-order chi connectivity index (χ0) is 12.0. The van der Waals surface area contributed by atoms with Crippen molar-refractivity contribution in [2.75, 3.05) is 27.7 Å². The monoisotopic (exact) mass is 222 g/mol. The lowest BCUT2D eigenvalue weighted by molar-refractivity contribution is -0.896. The van der Waals surface area contributed by atoms with Gasteiger partial charge in [-0.15, -0.1) is 0 Å². The van der Waals surface area contributed by atoms with Gasteiger partial charge in [0.25, 0.3) is 6.47 Å². The first-order chi connectivity index (χ1) is 7.54. The van der Waals surface area contributed by atoms with Crippen molar-refractivity contribution >= 4 is 6.47 Å². The molecule has 1 aromatic carbocycles. The number of rotatable bonds is 6. The second-order valence-corrected chi connectivity index (χ2v) is 4.89. The summed E-state index contributed by atoms with van der Waals surface area (Å²) in [7, 11) is 6.34. The summed E-state index contributed by atoms with van der Waals surface area (Å²) in [5.74, 6) is 0. The molecule has 1 rings (SSSR count). The van der Waals surface area contributed by atoms with Gasteiger partial charge in [0.2, 0.25) is 0 Å². The molecule has 0 radical (unpaired) electrons. The number of likely N-dealkylation sites (N-methyl/N-ethyl adjacent to an activating group) is 1. The average molecular weight is 222 g/mol. The van der Waals surface area contributed by atoms with Gasteiger partial charge in [-0.2, -0.15) is 0 Å². The minimum Gasteiger partial charge on any atom is -0.462 e. The third-order valence-corrected chi connectivity index (χ3v) is 2.77. The van der Waals surface area contributed by atoms with E-state index in [1.54, 1.807) is 0 Å². The van der Waals surface area contributed by atoms with Crippen molar-refractivity contribution in [1.82, 2.24) is 0 Å². The number of benzene rings is 1. The molecule has 3 nitrogen and oxygen atoms in total. The van der Waals surface area contributed by atoms with Crippen LogP contribution in [0.25, 0.3) is 0 Å². The molecular weight excluding hydrogens is 202 g/mol. The second-order valence-electron chi connectivity index (χ2n) is 4.89. The first-order valence-electron chi connectivity index (χ1n) is 5.44. The molecule has 0 aromatic heterocycles. The third kappa shape index (κ3) is 4.03. The Kier molecular flexibility index (Phi) is 4.50. The molecule has 0 amide bonds. The van der Waals surface area contributed by atoms with Gasteiger partial charge in [-0.25, -0.2) is 0 Å². The summed E-state index contributed by atoms with van der Waals surface area (Å²) < 4.78 is 5.68. The maximum absolute atomic E-state index is 10.3. The van der Waals surface area contributed by atoms with Crippen molar-refractivity contribution in [2.45, 2.75) is 12.5 Å². The highest BCUT2D eigenvalue weighted by atomic mass is 16.5. The van der Waals surface area contributed by atoms with Crippen molar-refractivity contribution in [1.29, 1.82) is 0 Å². The van der Waals surface area contributed by atoms with Crippen LogP contribution in [-0.2, 0) is 16.0 Å². The van der Waals surface area contributed by atoms with Gasteiger partial charge in [0, 0.05) is 6.42 Å². The topological polar surface area (TPSA) is 26.3 Å². The van der Waals surface area contributed by atoms with E-state index in [0.717, 1.165) is 10.9 Å². The van der Waals surface area contributed by atoms with E-state index in [1.807, 2.05) is 18.2 Å². The number of ether oxygens (including phenoxy) is 1. The number of nitrogens with zero attached hydrogens (tertiary/aromatic N) is 1. The Hall–Kier alpha value is -1.35. The van der Waals surface area contributed by atoms with Gasteiger partial charge < -0.3 is 9.22 Å². The lowest BCUT2D eigenvalue weighted by Gasteiger charge is -2.33. The molecule has 0 aliphatic heterocycles. The molecule has 0 fully saturated rings. The fourth-order valence-electron chi connectivity index (χ4n) is 1.59. The Morgan fingerprint density at radius 1 is 1.25 bits per heavy atom. The number of carbonyl (C=O) groups excluding carboxylic acids is 1. The van der Waals surface area contributed by atoms with Crippen LogP contribution in [-0.4, -0.2) is 44.7 Å². The van der Waals surface area contributed by atoms with E-state index in [2.05, 4.69) is 33.3 Å². The first kappa shape index (κ1) is 12.7. The molecule has 1 aromatic rings. The summed E-state index contributed by atoms with van der Waals surface area (Å²) in [4.78, 5) is 10.3. The van der Waals surface area contributed by atoms with Crippen LogP contribution in [0, 0.1) is 0 Å². The smallest absolute Gasteiger partial charge is 0.293 e. The van der Waals surface area contributed by atoms with Gasteiger partial charge in [-0.1, -0.05) is 30.3 Å². The molecule has 0 heterocycles. The van der Waals surface area contributed by atoms with Crippen LogP contribution >= 0.6 is 0 Å². The van der Waals surface area contributed by atoms with Crippen LogP contribution in [0.15, 0.2) is 30.3 Å². The molecule has 0 saturated heterocycles. The lowest BCUT2D eigenvalue weighted by Crippen LogP contribution is -2.49. The maximum Gasteiger partial charge on any atom is 0.293 e.